The molecule has 0 bridgehead atoms. The molecule has 2 N–H and O–H groups in total. The molecule has 3 aromatic rings. The maximum atomic E-state index is 12.1. The summed E-state index contributed by atoms with van der Waals surface area (Å²) in [5.41, 5.74) is 5.83. The van der Waals surface area contributed by atoms with Crippen LogP contribution in [-0.2, 0) is 16.2 Å². The number of hydrogen-bond donors (Lipinski definition) is 2. The molecule has 0 unspecified atom stereocenters. The van der Waals surface area contributed by atoms with Crippen molar-refractivity contribution in [3.05, 3.63) is 81.8 Å². The third-order valence-electron chi connectivity index (χ3n) is 4.93. The number of carbonyl (C=O) groups excluding carboxylic acids is 2. The Kier molecular flexibility index (Phi) is 9.88. The van der Waals surface area contributed by atoms with E-state index in [9.17, 15) is 9.59 Å². The molecule has 3 rings (SSSR count). The van der Waals surface area contributed by atoms with Gasteiger partial charge in [-0.25, -0.2) is 5.43 Å². The summed E-state index contributed by atoms with van der Waals surface area (Å²) in [7, 11) is 1.56. The molecule has 0 aliphatic rings. The van der Waals surface area contributed by atoms with Gasteiger partial charge in [-0.3, -0.25) is 9.59 Å². The van der Waals surface area contributed by atoms with Gasteiger partial charge in [0.1, 0.15) is 18.8 Å². The van der Waals surface area contributed by atoms with Crippen molar-refractivity contribution < 1.29 is 23.8 Å². The van der Waals surface area contributed by atoms with Crippen LogP contribution < -0.4 is 25.0 Å². The van der Waals surface area contributed by atoms with E-state index in [1.807, 2.05) is 38.1 Å². The van der Waals surface area contributed by atoms with Gasteiger partial charge in [0.05, 0.1) is 24.4 Å². The SMILES string of the molecule is CCOc1cc(C=NNC(=O)CC(=O)Nc2ccc(OC)cc2)cc(Br)c1OCc1ccc(C)cc1. The van der Waals surface area contributed by atoms with Crippen LogP contribution in [0.1, 0.15) is 30.0 Å². The zero-order chi connectivity index (χ0) is 25.9. The lowest BCUT2D eigenvalue weighted by molar-refractivity contribution is -0.126. The van der Waals surface area contributed by atoms with Crippen LogP contribution in [0.15, 0.2) is 70.2 Å². The van der Waals surface area contributed by atoms with Gasteiger partial charge in [-0.2, -0.15) is 5.10 Å². The Morgan fingerprint density at radius 2 is 1.72 bits per heavy atom. The number of methoxy groups -OCH3 is 1. The number of ether oxygens (including phenoxy) is 3. The molecule has 0 spiro atoms. The number of hydrogen-bond acceptors (Lipinski definition) is 6. The van der Waals surface area contributed by atoms with Crippen LogP contribution in [-0.4, -0.2) is 31.7 Å². The fraction of sp³-hybridized carbons (Fsp3) is 0.222. The minimum atomic E-state index is -0.542. The molecule has 0 saturated heterocycles. The summed E-state index contributed by atoms with van der Waals surface area (Å²) in [5.74, 6) is 0.799. The molecule has 0 aliphatic carbocycles. The van der Waals surface area contributed by atoms with Gasteiger partial charge in [-0.15, -0.1) is 0 Å². The lowest BCUT2D eigenvalue weighted by Gasteiger charge is -2.15. The normalized spacial score (nSPS) is 10.7. The van der Waals surface area contributed by atoms with Gasteiger partial charge in [0, 0.05) is 5.69 Å². The molecule has 188 valence electrons. The molecular weight excluding hydrogens is 526 g/mol. The molecule has 0 fully saturated rings. The molecule has 3 aromatic carbocycles. The second-order valence-corrected chi connectivity index (χ2v) is 8.64. The Morgan fingerprint density at radius 1 is 1.00 bits per heavy atom. The minimum absolute atomic E-state index is 0.372. The number of carbonyl (C=O) groups is 2. The monoisotopic (exact) mass is 553 g/mol. The molecule has 0 atom stereocenters. The molecule has 9 heteroatoms. The van der Waals surface area contributed by atoms with Gasteiger partial charge < -0.3 is 19.5 Å². The van der Waals surface area contributed by atoms with Crippen molar-refractivity contribution in [3.8, 4) is 17.2 Å². The number of hydrazone groups is 1. The molecule has 8 nitrogen and oxygen atoms in total. The number of nitrogens with one attached hydrogen (secondary N) is 2. The summed E-state index contributed by atoms with van der Waals surface area (Å²) >= 11 is 3.53. The maximum absolute atomic E-state index is 12.1. The second-order valence-electron chi connectivity index (χ2n) is 7.78. The Balaban J connectivity index is 1.57. The lowest BCUT2D eigenvalue weighted by atomic mass is 10.2. The van der Waals surface area contributed by atoms with Crippen molar-refractivity contribution in [2.45, 2.75) is 26.9 Å². The first-order chi connectivity index (χ1) is 17.4. The topological polar surface area (TPSA) is 98.2 Å². The molecule has 0 saturated carbocycles. The van der Waals surface area contributed by atoms with Crippen LogP contribution >= 0.6 is 15.9 Å². The van der Waals surface area contributed by atoms with Crippen LogP contribution in [0.2, 0.25) is 0 Å². The summed E-state index contributed by atoms with van der Waals surface area (Å²) < 4.78 is 17.5. The number of halogens is 1. The lowest BCUT2D eigenvalue weighted by Crippen LogP contribution is -2.24. The van der Waals surface area contributed by atoms with Crippen LogP contribution in [0.4, 0.5) is 5.69 Å². The van der Waals surface area contributed by atoms with E-state index in [1.165, 1.54) is 11.8 Å². The molecule has 0 radical (unpaired) electrons. The van der Waals surface area contributed by atoms with Gasteiger partial charge in [0.15, 0.2) is 11.5 Å². The fourth-order valence-electron chi connectivity index (χ4n) is 3.15. The molecule has 0 aliphatic heterocycles. The predicted molar refractivity (Wildman–Crippen MR) is 143 cm³/mol. The highest BCUT2D eigenvalue weighted by Gasteiger charge is 2.13. The molecule has 36 heavy (non-hydrogen) atoms. The third-order valence-corrected chi connectivity index (χ3v) is 5.52. The van der Waals surface area contributed by atoms with Gasteiger partial charge in [-0.05, 0) is 77.3 Å². The highest BCUT2D eigenvalue weighted by molar-refractivity contribution is 9.10. The average Bonchev–Trinajstić information content (AvgIpc) is 2.85. The number of amides is 2. The number of rotatable bonds is 11. The first-order valence-corrected chi connectivity index (χ1v) is 12.1. The Labute approximate surface area is 218 Å². The maximum Gasteiger partial charge on any atom is 0.249 e. The van der Waals surface area contributed by atoms with Crippen LogP contribution in [0, 0.1) is 6.92 Å². The molecule has 2 amide bonds. The Bertz CT molecular complexity index is 1210. The first-order valence-electron chi connectivity index (χ1n) is 11.3. The van der Waals surface area contributed by atoms with Crippen LogP contribution in [0.3, 0.4) is 0 Å². The number of aryl methyl sites for hydroxylation is 1. The third kappa shape index (κ3) is 8.13. The first kappa shape index (κ1) is 26.7. The quantitative estimate of drug-likeness (QED) is 0.192. The zero-order valence-corrected chi connectivity index (χ0v) is 21.9. The van der Waals surface area contributed by atoms with Gasteiger partial charge >= 0.3 is 0 Å². The Hall–Kier alpha value is -3.85. The smallest absolute Gasteiger partial charge is 0.249 e. The highest BCUT2D eigenvalue weighted by atomic mass is 79.9. The van der Waals surface area contributed by atoms with Gasteiger partial charge in [0.25, 0.3) is 0 Å². The zero-order valence-electron chi connectivity index (χ0n) is 20.3. The van der Waals surface area contributed by atoms with E-state index in [2.05, 4.69) is 31.8 Å². The van der Waals surface area contributed by atoms with Crippen LogP contribution in [0.25, 0.3) is 0 Å². The summed E-state index contributed by atoms with van der Waals surface area (Å²) in [4.78, 5) is 24.2. The van der Waals surface area contributed by atoms with Crippen LogP contribution in [0.5, 0.6) is 17.2 Å². The van der Waals surface area contributed by atoms with E-state index in [4.69, 9.17) is 14.2 Å². The Morgan fingerprint density at radius 3 is 2.39 bits per heavy atom. The fourth-order valence-corrected chi connectivity index (χ4v) is 3.72. The van der Waals surface area contributed by atoms with Crippen molar-refractivity contribution in [1.29, 1.82) is 0 Å². The van der Waals surface area contributed by atoms with E-state index in [-0.39, 0.29) is 6.42 Å². The number of benzene rings is 3. The number of nitrogens with zero attached hydrogens (tertiary/aromatic N) is 1. The summed E-state index contributed by atoms with van der Waals surface area (Å²) in [6.07, 6.45) is 1.10. The average molecular weight is 554 g/mol. The largest absolute Gasteiger partial charge is 0.497 e. The van der Waals surface area contributed by atoms with E-state index < -0.39 is 11.8 Å². The van der Waals surface area contributed by atoms with E-state index >= 15 is 0 Å². The molecule has 0 heterocycles. The van der Waals surface area contributed by atoms with Crippen molar-refractivity contribution in [1.82, 2.24) is 5.43 Å². The predicted octanol–water partition coefficient (Wildman–Crippen LogP) is 5.22. The number of anilines is 1. The van der Waals surface area contributed by atoms with Gasteiger partial charge in [0.2, 0.25) is 11.8 Å². The van der Waals surface area contributed by atoms with Gasteiger partial charge in [-0.1, -0.05) is 29.8 Å². The standard InChI is InChI=1S/C27H28BrN3O5/c1-4-35-24-14-20(13-23(28)27(24)36-17-19-7-5-18(2)6-8-19)16-29-31-26(33)15-25(32)30-21-9-11-22(34-3)12-10-21/h5-14,16H,4,15,17H2,1-3H3,(H,30,32)(H,31,33). The second kappa shape index (κ2) is 13.3. The molecule has 0 aromatic heterocycles. The summed E-state index contributed by atoms with van der Waals surface area (Å²) in [6.45, 7) is 4.76. The van der Waals surface area contributed by atoms with E-state index in [0.717, 1.165) is 5.56 Å². The van der Waals surface area contributed by atoms with Crippen molar-refractivity contribution >= 4 is 39.6 Å². The van der Waals surface area contributed by atoms with Crippen molar-refractivity contribution in [2.24, 2.45) is 5.10 Å². The van der Waals surface area contributed by atoms with E-state index in [0.29, 0.717) is 46.2 Å². The summed E-state index contributed by atoms with van der Waals surface area (Å²) in [5, 5.41) is 6.61. The highest BCUT2D eigenvalue weighted by Crippen LogP contribution is 2.37. The summed E-state index contributed by atoms with van der Waals surface area (Å²) in [6, 6.07) is 18.5. The van der Waals surface area contributed by atoms with Crippen molar-refractivity contribution in [2.75, 3.05) is 19.0 Å². The molecular formula is C27H28BrN3O5. The van der Waals surface area contributed by atoms with Crippen molar-refractivity contribution in [3.63, 3.8) is 0 Å². The van der Waals surface area contributed by atoms with E-state index in [1.54, 1.807) is 43.5 Å². The minimum Gasteiger partial charge on any atom is -0.497 e.